The fourth-order valence-corrected chi connectivity index (χ4v) is 3.52. The van der Waals surface area contributed by atoms with Gasteiger partial charge in [-0.05, 0) is 38.7 Å². The van der Waals surface area contributed by atoms with Gasteiger partial charge in [0.1, 0.15) is 6.04 Å². The van der Waals surface area contributed by atoms with Crippen molar-refractivity contribution in [2.75, 3.05) is 0 Å². The summed E-state index contributed by atoms with van der Waals surface area (Å²) in [6, 6.07) is 7.97. The summed E-state index contributed by atoms with van der Waals surface area (Å²) in [5.74, 6) is 0.0271. The molecule has 1 aromatic rings. The number of carbonyl (C=O) groups excluding carboxylic acids is 2. The number of rotatable bonds is 7. The molecule has 4 nitrogen and oxygen atoms in total. The molecule has 4 heteroatoms. The highest BCUT2D eigenvalue weighted by Crippen LogP contribution is 2.18. The number of aryl methyl sites for hydroxylation is 1. The average Bonchev–Trinajstić information content (AvgIpc) is 2.60. The van der Waals surface area contributed by atoms with Crippen molar-refractivity contribution in [3.63, 3.8) is 0 Å². The van der Waals surface area contributed by atoms with Crippen molar-refractivity contribution < 1.29 is 9.59 Å². The second kappa shape index (κ2) is 9.59. The summed E-state index contributed by atoms with van der Waals surface area (Å²) in [6.07, 6.45) is 7.00. The van der Waals surface area contributed by atoms with E-state index in [4.69, 9.17) is 0 Å². The molecule has 1 atom stereocenters. The van der Waals surface area contributed by atoms with Crippen LogP contribution in [-0.4, -0.2) is 28.8 Å². The monoisotopic (exact) mass is 344 g/mol. The Balaban J connectivity index is 2.07. The third-order valence-electron chi connectivity index (χ3n) is 5.02. The van der Waals surface area contributed by atoms with Gasteiger partial charge < -0.3 is 10.2 Å². The normalized spacial score (nSPS) is 16.3. The van der Waals surface area contributed by atoms with Crippen molar-refractivity contribution in [3.05, 3.63) is 35.4 Å². The molecule has 138 valence electrons. The van der Waals surface area contributed by atoms with E-state index in [1.807, 2.05) is 39.0 Å². The van der Waals surface area contributed by atoms with E-state index in [0.29, 0.717) is 13.0 Å². The van der Waals surface area contributed by atoms with Gasteiger partial charge in [-0.1, -0.05) is 56.0 Å². The predicted molar refractivity (Wildman–Crippen MR) is 101 cm³/mol. The molecule has 1 fully saturated rings. The van der Waals surface area contributed by atoms with E-state index in [2.05, 4.69) is 11.4 Å². The molecule has 0 saturated heterocycles. The van der Waals surface area contributed by atoms with Crippen molar-refractivity contribution in [1.82, 2.24) is 10.2 Å². The fraction of sp³-hybridized carbons (Fsp3) is 0.619. The first-order valence-electron chi connectivity index (χ1n) is 9.66. The quantitative estimate of drug-likeness (QED) is 0.814. The Hall–Kier alpha value is -1.84. The molecular formula is C21H32N2O2. The van der Waals surface area contributed by atoms with E-state index in [-0.39, 0.29) is 17.9 Å². The Morgan fingerprint density at radius 2 is 1.96 bits per heavy atom. The molecule has 2 rings (SSSR count). The first kappa shape index (κ1) is 19.5. The minimum absolute atomic E-state index is 0.0241. The molecule has 0 spiro atoms. The average molecular weight is 344 g/mol. The zero-order valence-electron chi connectivity index (χ0n) is 15.9. The number of benzene rings is 1. The molecule has 0 aliphatic heterocycles. The molecule has 0 heterocycles. The van der Waals surface area contributed by atoms with Crippen molar-refractivity contribution in [2.45, 2.75) is 84.3 Å². The van der Waals surface area contributed by atoms with Gasteiger partial charge in [-0.3, -0.25) is 9.59 Å². The summed E-state index contributed by atoms with van der Waals surface area (Å²) in [5, 5.41) is 3.16. The van der Waals surface area contributed by atoms with Gasteiger partial charge in [-0.15, -0.1) is 0 Å². The van der Waals surface area contributed by atoms with Crippen LogP contribution in [0.15, 0.2) is 24.3 Å². The number of nitrogens with zero attached hydrogens (tertiary/aromatic N) is 1. The number of carbonyl (C=O) groups is 2. The molecule has 2 amide bonds. The standard InChI is InChI=1S/C21H32N2O2/c1-4-9-20(24)23(15-18-11-8-10-16(2)14-18)17(3)21(25)22-19-12-6-5-7-13-19/h8,10-11,14,17,19H,4-7,9,12-13,15H2,1-3H3,(H,22,25)/t17-/m1/s1. The van der Waals surface area contributed by atoms with Crippen LogP contribution in [0.25, 0.3) is 0 Å². The minimum atomic E-state index is -0.443. The molecule has 1 N–H and O–H groups in total. The van der Waals surface area contributed by atoms with E-state index >= 15 is 0 Å². The van der Waals surface area contributed by atoms with Crippen LogP contribution < -0.4 is 5.32 Å². The summed E-state index contributed by atoms with van der Waals surface area (Å²) >= 11 is 0. The number of nitrogens with one attached hydrogen (secondary N) is 1. The molecule has 1 aliphatic carbocycles. The van der Waals surface area contributed by atoms with Crippen LogP contribution in [0.1, 0.15) is 69.9 Å². The Morgan fingerprint density at radius 3 is 2.60 bits per heavy atom. The zero-order valence-corrected chi connectivity index (χ0v) is 15.9. The van der Waals surface area contributed by atoms with E-state index in [1.54, 1.807) is 4.90 Å². The molecule has 0 unspecified atom stereocenters. The predicted octanol–water partition coefficient (Wildman–Crippen LogP) is 3.96. The molecule has 25 heavy (non-hydrogen) atoms. The Morgan fingerprint density at radius 1 is 1.24 bits per heavy atom. The zero-order chi connectivity index (χ0) is 18.2. The lowest BCUT2D eigenvalue weighted by Crippen LogP contribution is -2.50. The maximum Gasteiger partial charge on any atom is 0.242 e. The van der Waals surface area contributed by atoms with Crippen LogP contribution >= 0.6 is 0 Å². The van der Waals surface area contributed by atoms with Gasteiger partial charge in [-0.2, -0.15) is 0 Å². The number of hydrogen-bond acceptors (Lipinski definition) is 2. The van der Waals surface area contributed by atoms with Gasteiger partial charge in [-0.25, -0.2) is 0 Å². The second-order valence-corrected chi connectivity index (χ2v) is 7.28. The van der Waals surface area contributed by atoms with Crippen molar-refractivity contribution in [3.8, 4) is 0 Å². The molecule has 1 aromatic carbocycles. The van der Waals surface area contributed by atoms with E-state index in [0.717, 1.165) is 24.8 Å². The Bertz CT molecular complexity index is 579. The van der Waals surface area contributed by atoms with Crippen molar-refractivity contribution >= 4 is 11.8 Å². The first-order chi connectivity index (χ1) is 12.0. The fourth-order valence-electron chi connectivity index (χ4n) is 3.52. The van der Waals surface area contributed by atoms with Gasteiger partial charge in [0, 0.05) is 19.0 Å². The van der Waals surface area contributed by atoms with Gasteiger partial charge in [0.25, 0.3) is 0 Å². The summed E-state index contributed by atoms with van der Waals surface area (Å²) in [5.41, 5.74) is 2.24. The molecule has 1 aliphatic rings. The lowest BCUT2D eigenvalue weighted by molar-refractivity contribution is -0.141. The van der Waals surface area contributed by atoms with Gasteiger partial charge >= 0.3 is 0 Å². The van der Waals surface area contributed by atoms with Gasteiger partial charge in [0.05, 0.1) is 0 Å². The lowest BCUT2D eigenvalue weighted by Gasteiger charge is -2.31. The second-order valence-electron chi connectivity index (χ2n) is 7.28. The third-order valence-corrected chi connectivity index (χ3v) is 5.02. The van der Waals surface area contributed by atoms with Gasteiger partial charge in [0.15, 0.2) is 0 Å². The SMILES string of the molecule is CCCC(=O)N(Cc1cccc(C)c1)[C@H](C)C(=O)NC1CCCCC1. The summed E-state index contributed by atoms with van der Waals surface area (Å²) in [4.78, 5) is 27.1. The van der Waals surface area contributed by atoms with Crippen LogP contribution in [0.3, 0.4) is 0 Å². The topological polar surface area (TPSA) is 49.4 Å². The third kappa shape index (κ3) is 5.87. The highest BCUT2D eigenvalue weighted by Gasteiger charge is 2.27. The van der Waals surface area contributed by atoms with Crippen LogP contribution in [0.2, 0.25) is 0 Å². The lowest BCUT2D eigenvalue weighted by atomic mass is 9.95. The molecule has 0 bridgehead atoms. The van der Waals surface area contributed by atoms with E-state index in [9.17, 15) is 9.59 Å². The van der Waals surface area contributed by atoms with E-state index in [1.165, 1.54) is 24.8 Å². The highest BCUT2D eigenvalue weighted by molar-refractivity contribution is 5.87. The van der Waals surface area contributed by atoms with Crippen LogP contribution in [0.4, 0.5) is 0 Å². The molecule has 0 aromatic heterocycles. The molecule has 0 radical (unpaired) electrons. The largest absolute Gasteiger partial charge is 0.352 e. The molecular weight excluding hydrogens is 312 g/mol. The van der Waals surface area contributed by atoms with Crippen LogP contribution in [-0.2, 0) is 16.1 Å². The smallest absolute Gasteiger partial charge is 0.242 e. The number of amides is 2. The number of hydrogen-bond donors (Lipinski definition) is 1. The van der Waals surface area contributed by atoms with Crippen molar-refractivity contribution in [2.24, 2.45) is 0 Å². The summed E-state index contributed by atoms with van der Waals surface area (Å²) in [6.45, 7) is 6.37. The summed E-state index contributed by atoms with van der Waals surface area (Å²) < 4.78 is 0. The Kier molecular flexibility index (Phi) is 7.48. The van der Waals surface area contributed by atoms with Crippen LogP contribution in [0.5, 0.6) is 0 Å². The highest BCUT2D eigenvalue weighted by atomic mass is 16.2. The Labute approximate surface area is 152 Å². The minimum Gasteiger partial charge on any atom is -0.352 e. The van der Waals surface area contributed by atoms with Crippen LogP contribution in [0, 0.1) is 6.92 Å². The van der Waals surface area contributed by atoms with Crippen molar-refractivity contribution in [1.29, 1.82) is 0 Å². The van der Waals surface area contributed by atoms with Gasteiger partial charge in [0.2, 0.25) is 11.8 Å². The van der Waals surface area contributed by atoms with E-state index < -0.39 is 6.04 Å². The maximum absolute atomic E-state index is 12.7. The molecule has 1 saturated carbocycles. The summed E-state index contributed by atoms with van der Waals surface area (Å²) in [7, 11) is 0. The first-order valence-corrected chi connectivity index (χ1v) is 9.66. The maximum atomic E-state index is 12.7.